The van der Waals surface area contributed by atoms with Crippen molar-refractivity contribution in [1.29, 1.82) is 0 Å². The molecule has 0 spiro atoms. The van der Waals surface area contributed by atoms with E-state index in [2.05, 4.69) is 5.32 Å². The van der Waals surface area contributed by atoms with E-state index in [4.69, 9.17) is 16.7 Å². The summed E-state index contributed by atoms with van der Waals surface area (Å²) in [6, 6.07) is 7.12. The fourth-order valence-corrected chi connectivity index (χ4v) is 2.96. The highest BCUT2D eigenvalue weighted by atomic mass is 35.5. The van der Waals surface area contributed by atoms with Crippen molar-refractivity contribution in [2.75, 3.05) is 18.9 Å². The van der Waals surface area contributed by atoms with Gasteiger partial charge in [-0.25, -0.2) is 0 Å². The van der Waals surface area contributed by atoms with E-state index in [9.17, 15) is 4.21 Å². The van der Waals surface area contributed by atoms with E-state index in [1.807, 2.05) is 6.92 Å². The summed E-state index contributed by atoms with van der Waals surface area (Å²) in [7, 11) is -1.06. The van der Waals surface area contributed by atoms with Crippen molar-refractivity contribution in [3.63, 3.8) is 0 Å². The molecule has 0 saturated carbocycles. The van der Waals surface area contributed by atoms with Crippen molar-refractivity contribution in [2.45, 2.75) is 24.3 Å². The molecule has 0 aromatic heterocycles. The van der Waals surface area contributed by atoms with E-state index in [-0.39, 0.29) is 12.6 Å². The molecule has 0 aliphatic rings. The number of rotatable bonds is 7. The maximum Gasteiger partial charge on any atom is 0.0545 e. The van der Waals surface area contributed by atoms with Crippen molar-refractivity contribution in [3.05, 3.63) is 29.3 Å². The van der Waals surface area contributed by atoms with E-state index in [1.54, 1.807) is 24.3 Å². The SMILES string of the molecule is CCNC(CCO)CS(=O)c1ccc(Cl)cc1. The van der Waals surface area contributed by atoms with Crippen LogP contribution < -0.4 is 5.32 Å². The number of benzene rings is 1. The molecule has 0 aliphatic heterocycles. The first kappa shape index (κ1) is 14.6. The molecule has 0 fully saturated rings. The Kier molecular flexibility index (Phi) is 6.73. The molecule has 96 valence electrons. The highest BCUT2D eigenvalue weighted by Crippen LogP contribution is 2.13. The first-order valence-corrected chi connectivity index (χ1v) is 7.35. The lowest BCUT2D eigenvalue weighted by Gasteiger charge is -2.16. The summed E-state index contributed by atoms with van der Waals surface area (Å²) in [4.78, 5) is 0.773. The van der Waals surface area contributed by atoms with Gasteiger partial charge >= 0.3 is 0 Å². The van der Waals surface area contributed by atoms with Crippen molar-refractivity contribution in [2.24, 2.45) is 0 Å². The zero-order chi connectivity index (χ0) is 12.7. The fourth-order valence-electron chi connectivity index (χ4n) is 1.55. The summed E-state index contributed by atoms with van der Waals surface area (Å²) >= 11 is 5.78. The predicted octanol–water partition coefficient (Wildman–Crippen LogP) is 1.81. The number of aliphatic hydroxyl groups excluding tert-OH is 1. The third-order valence-corrected chi connectivity index (χ3v) is 4.15. The molecule has 1 rings (SSSR count). The van der Waals surface area contributed by atoms with Gasteiger partial charge < -0.3 is 10.4 Å². The molecule has 1 aromatic carbocycles. The van der Waals surface area contributed by atoms with Crippen LogP contribution in [0.4, 0.5) is 0 Å². The molecule has 3 nitrogen and oxygen atoms in total. The Morgan fingerprint density at radius 1 is 1.41 bits per heavy atom. The molecular formula is C12H18ClNO2S. The van der Waals surface area contributed by atoms with Crippen LogP contribution in [-0.2, 0) is 10.8 Å². The first-order valence-electron chi connectivity index (χ1n) is 5.65. The predicted molar refractivity (Wildman–Crippen MR) is 71.9 cm³/mol. The molecule has 1 aromatic rings. The molecule has 0 saturated heterocycles. The molecule has 0 bridgehead atoms. The third kappa shape index (κ3) is 5.17. The lowest BCUT2D eigenvalue weighted by molar-refractivity contribution is 0.270. The van der Waals surface area contributed by atoms with Crippen molar-refractivity contribution in [1.82, 2.24) is 5.32 Å². The second-order valence-corrected chi connectivity index (χ2v) is 5.67. The van der Waals surface area contributed by atoms with Gasteiger partial charge in [0.15, 0.2) is 0 Å². The van der Waals surface area contributed by atoms with E-state index in [1.165, 1.54) is 0 Å². The van der Waals surface area contributed by atoms with Gasteiger partial charge in [0.2, 0.25) is 0 Å². The lowest BCUT2D eigenvalue weighted by atomic mass is 10.2. The Bertz CT molecular complexity index is 350. The minimum atomic E-state index is -1.06. The molecule has 0 radical (unpaired) electrons. The van der Waals surface area contributed by atoms with Crippen LogP contribution in [0, 0.1) is 0 Å². The van der Waals surface area contributed by atoms with Crippen LogP contribution in [0.2, 0.25) is 5.02 Å². The van der Waals surface area contributed by atoms with Gasteiger partial charge in [0.1, 0.15) is 0 Å². The van der Waals surface area contributed by atoms with Crippen LogP contribution in [0.5, 0.6) is 0 Å². The van der Waals surface area contributed by atoms with Crippen molar-refractivity contribution >= 4 is 22.4 Å². The standard InChI is InChI=1S/C12H18ClNO2S/c1-2-14-11(7-8-15)9-17(16)12-5-3-10(13)4-6-12/h3-6,11,14-15H,2,7-9H2,1H3. The van der Waals surface area contributed by atoms with Crippen molar-refractivity contribution < 1.29 is 9.32 Å². The average Bonchev–Trinajstić information content (AvgIpc) is 2.30. The molecule has 2 unspecified atom stereocenters. The summed E-state index contributed by atoms with van der Waals surface area (Å²) in [5.74, 6) is 0.510. The normalized spacial score (nSPS) is 14.5. The number of hydrogen-bond acceptors (Lipinski definition) is 3. The Balaban J connectivity index is 2.60. The second kappa shape index (κ2) is 7.82. The van der Waals surface area contributed by atoms with Gasteiger partial charge in [-0.3, -0.25) is 4.21 Å². The smallest absolute Gasteiger partial charge is 0.0545 e. The topological polar surface area (TPSA) is 49.3 Å². The Labute approximate surface area is 110 Å². The van der Waals surface area contributed by atoms with Gasteiger partial charge in [-0.1, -0.05) is 18.5 Å². The van der Waals surface area contributed by atoms with Crippen LogP contribution in [0.25, 0.3) is 0 Å². The molecule has 17 heavy (non-hydrogen) atoms. The van der Waals surface area contributed by atoms with Crippen LogP contribution in [0.3, 0.4) is 0 Å². The minimum absolute atomic E-state index is 0.0847. The maximum absolute atomic E-state index is 12.1. The highest BCUT2D eigenvalue weighted by molar-refractivity contribution is 7.85. The van der Waals surface area contributed by atoms with E-state index in [0.29, 0.717) is 17.2 Å². The van der Waals surface area contributed by atoms with Crippen LogP contribution in [0.15, 0.2) is 29.2 Å². The Morgan fingerprint density at radius 2 is 2.06 bits per heavy atom. The monoisotopic (exact) mass is 275 g/mol. The summed E-state index contributed by atoms with van der Waals surface area (Å²) < 4.78 is 12.1. The number of halogens is 1. The van der Waals surface area contributed by atoms with Crippen LogP contribution in [-0.4, -0.2) is 34.3 Å². The average molecular weight is 276 g/mol. The van der Waals surface area contributed by atoms with Crippen molar-refractivity contribution in [3.8, 4) is 0 Å². The van der Waals surface area contributed by atoms with Gasteiger partial charge in [0, 0.05) is 28.3 Å². The van der Waals surface area contributed by atoms with E-state index in [0.717, 1.165) is 11.4 Å². The molecule has 0 amide bonds. The number of nitrogens with one attached hydrogen (secondary N) is 1. The van der Waals surface area contributed by atoms with Gasteiger partial charge in [0.25, 0.3) is 0 Å². The summed E-state index contributed by atoms with van der Waals surface area (Å²) in [6.07, 6.45) is 0.618. The zero-order valence-corrected chi connectivity index (χ0v) is 11.4. The maximum atomic E-state index is 12.1. The largest absolute Gasteiger partial charge is 0.396 e. The third-order valence-electron chi connectivity index (χ3n) is 2.40. The molecule has 2 N–H and O–H groups in total. The first-order chi connectivity index (χ1) is 8.17. The van der Waals surface area contributed by atoms with E-state index < -0.39 is 10.8 Å². The molecule has 0 aliphatic carbocycles. The zero-order valence-electron chi connectivity index (χ0n) is 9.86. The lowest BCUT2D eigenvalue weighted by Crippen LogP contribution is -2.34. The molecule has 5 heteroatoms. The molecular weight excluding hydrogens is 258 g/mol. The summed E-state index contributed by atoms with van der Waals surface area (Å²) in [5.41, 5.74) is 0. The van der Waals surface area contributed by atoms with Gasteiger partial charge in [-0.2, -0.15) is 0 Å². The number of aliphatic hydroxyl groups is 1. The Morgan fingerprint density at radius 3 is 2.59 bits per heavy atom. The Hall–Kier alpha value is -0.420. The quantitative estimate of drug-likeness (QED) is 0.798. The summed E-state index contributed by atoms with van der Waals surface area (Å²) in [5, 5.41) is 12.8. The van der Waals surface area contributed by atoms with E-state index >= 15 is 0 Å². The van der Waals surface area contributed by atoms with Gasteiger partial charge in [0.05, 0.1) is 10.8 Å². The minimum Gasteiger partial charge on any atom is -0.396 e. The number of hydrogen-bond donors (Lipinski definition) is 2. The summed E-state index contributed by atoms with van der Waals surface area (Å²) in [6.45, 7) is 2.91. The molecule has 2 atom stereocenters. The van der Waals surface area contributed by atoms with Crippen LogP contribution >= 0.6 is 11.6 Å². The second-order valence-electron chi connectivity index (χ2n) is 3.73. The highest BCUT2D eigenvalue weighted by Gasteiger charge is 2.12. The molecule has 0 heterocycles. The van der Waals surface area contributed by atoms with Gasteiger partial charge in [-0.05, 0) is 37.2 Å². The fraction of sp³-hybridized carbons (Fsp3) is 0.500. The van der Waals surface area contributed by atoms with Crippen LogP contribution in [0.1, 0.15) is 13.3 Å². The van der Waals surface area contributed by atoms with Gasteiger partial charge in [-0.15, -0.1) is 0 Å².